The van der Waals surface area contributed by atoms with Crippen molar-refractivity contribution in [1.29, 1.82) is 0 Å². The molecule has 0 aliphatic carbocycles. The van der Waals surface area contributed by atoms with Crippen molar-refractivity contribution < 1.29 is 27.5 Å². The monoisotopic (exact) mass is 395 g/mol. The number of esters is 1. The molecule has 1 fully saturated rings. The Labute approximate surface area is 157 Å². The van der Waals surface area contributed by atoms with Crippen molar-refractivity contribution in [2.45, 2.75) is 30.9 Å². The summed E-state index contributed by atoms with van der Waals surface area (Å²) in [5, 5.41) is 0. The van der Waals surface area contributed by atoms with Crippen molar-refractivity contribution in [2.24, 2.45) is 4.99 Å². The van der Waals surface area contributed by atoms with Crippen LogP contribution in [0.4, 0.5) is 0 Å². The molecule has 1 aromatic rings. The molecular weight excluding hydrogens is 374 g/mol. The van der Waals surface area contributed by atoms with E-state index in [0.29, 0.717) is 25.3 Å². The number of benzene rings is 1. The SMILES string of the molecule is CC1CN(C(=O)COC(=O)[C@H](C)N=C2NS(=O)(=O)c3ccccc32)CCO1. The van der Waals surface area contributed by atoms with Gasteiger partial charge in [-0.1, -0.05) is 12.1 Å². The number of nitrogens with zero attached hydrogens (tertiary/aromatic N) is 2. The van der Waals surface area contributed by atoms with Gasteiger partial charge in [-0.15, -0.1) is 0 Å². The van der Waals surface area contributed by atoms with Crippen molar-refractivity contribution in [3.63, 3.8) is 0 Å². The Kier molecular flexibility index (Phi) is 5.47. The highest BCUT2D eigenvalue weighted by molar-refractivity contribution is 7.90. The van der Waals surface area contributed by atoms with E-state index in [1.54, 1.807) is 23.1 Å². The zero-order valence-corrected chi connectivity index (χ0v) is 15.9. The largest absolute Gasteiger partial charge is 0.454 e. The lowest BCUT2D eigenvalue weighted by Gasteiger charge is -2.31. The van der Waals surface area contributed by atoms with E-state index >= 15 is 0 Å². The van der Waals surface area contributed by atoms with E-state index in [1.807, 2.05) is 6.92 Å². The first-order valence-electron chi connectivity index (χ1n) is 8.54. The molecule has 0 aromatic heterocycles. The Morgan fingerprint density at radius 2 is 2.15 bits per heavy atom. The Morgan fingerprint density at radius 3 is 2.89 bits per heavy atom. The normalized spacial score (nSPS) is 23.4. The molecule has 2 heterocycles. The molecule has 0 bridgehead atoms. The van der Waals surface area contributed by atoms with Crippen molar-refractivity contribution in [3.05, 3.63) is 29.8 Å². The minimum atomic E-state index is -3.68. The summed E-state index contributed by atoms with van der Waals surface area (Å²) in [6.45, 7) is 4.31. The summed E-state index contributed by atoms with van der Waals surface area (Å²) in [6.07, 6.45) is -0.0563. The first-order valence-corrected chi connectivity index (χ1v) is 10.0. The molecule has 1 unspecified atom stereocenters. The lowest BCUT2D eigenvalue weighted by molar-refractivity contribution is -0.155. The summed E-state index contributed by atoms with van der Waals surface area (Å²) in [6, 6.07) is 5.39. The maximum atomic E-state index is 12.2. The fourth-order valence-electron chi connectivity index (χ4n) is 2.87. The Hall–Kier alpha value is -2.46. The number of amides is 1. The average Bonchev–Trinajstić information content (AvgIpc) is 2.90. The van der Waals surface area contributed by atoms with E-state index in [1.165, 1.54) is 13.0 Å². The molecule has 1 saturated heterocycles. The van der Waals surface area contributed by atoms with Gasteiger partial charge >= 0.3 is 5.97 Å². The Balaban J connectivity index is 1.61. The van der Waals surface area contributed by atoms with E-state index in [0.717, 1.165) is 0 Å². The predicted octanol–water partition coefficient (Wildman–Crippen LogP) is -0.0959. The molecule has 9 nitrogen and oxygen atoms in total. The zero-order valence-electron chi connectivity index (χ0n) is 15.0. The minimum absolute atomic E-state index is 0.0563. The summed E-state index contributed by atoms with van der Waals surface area (Å²) in [7, 11) is -3.68. The molecule has 3 rings (SSSR count). The van der Waals surface area contributed by atoms with Crippen LogP contribution in [0.1, 0.15) is 19.4 Å². The molecule has 2 aliphatic rings. The van der Waals surface area contributed by atoms with Gasteiger partial charge in [-0.25, -0.2) is 13.2 Å². The number of amidine groups is 1. The number of hydrogen-bond acceptors (Lipinski definition) is 7. The third-order valence-electron chi connectivity index (χ3n) is 4.26. The van der Waals surface area contributed by atoms with E-state index in [2.05, 4.69) is 9.71 Å². The molecule has 0 radical (unpaired) electrons. The third-order valence-corrected chi connectivity index (χ3v) is 5.66. The van der Waals surface area contributed by atoms with Gasteiger partial charge in [0.25, 0.3) is 15.9 Å². The summed E-state index contributed by atoms with van der Waals surface area (Å²) in [5.41, 5.74) is 0.399. The highest BCUT2D eigenvalue weighted by Gasteiger charge is 2.31. The number of rotatable bonds is 4. The van der Waals surface area contributed by atoms with Crippen LogP contribution >= 0.6 is 0 Å². The van der Waals surface area contributed by atoms with Crippen LogP contribution in [-0.4, -0.2) is 69.5 Å². The van der Waals surface area contributed by atoms with Gasteiger partial charge in [0.05, 0.1) is 17.6 Å². The molecule has 1 N–H and O–H groups in total. The summed E-state index contributed by atoms with van der Waals surface area (Å²) < 4.78 is 36.9. The second-order valence-electron chi connectivity index (χ2n) is 6.38. The molecule has 2 aliphatic heterocycles. The third kappa shape index (κ3) is 4.28. The van der Waals surface area contributed by atoms with Crippen molar-refractivity contribution in [2.75, 3.05) is 26.3 Å². The second kappa shape index (κ2) is 7.65. The minimum Gasteiger partial charge on any atom is -0.454 e. The predicted molar refractivity (Wildman–Crippen MR) is 95.7 cm³/mol. The molecule has 146 valence electrons. The molecule has 0 saturated carbocycles. The Morgan fingerprint density at radius 1 is 1.41 bits per heavy atom. The first-order chi connectivity index (χ1) is 12.8. The van der Waals surface area contributed by atoms with Gasteiger partial charge < -0.3 is 14.4 Å². The van der Waals surface area contributed by atoms with Crippen LogP contribution in [0, 0.1) is 0 Å². The molecule has 0 spiro atoms. The van der Waals surface area contributed by atoms with Gasteiger partial charge in [-0.2, -0.15) is 0 Å². The average molecular weight is 395 g/mol. The zero-order chi connectivity index (χ0) is 19.6. The van der Waals surface area contributed by atoms with Crippen molar-refractivity contribution in [3.8, 4) is 0 Å². The Bertz CT molecular complexity index is 882. The molecule has 2 atom stereocenters. The van der Waals surface area contributed by atoms with Crippen LogP contribution in [0.15, 0.2) is 34.2 Å². The number of ether oxygens (including phenoxy) is 2. The number of fused-ring (bicyclic) bond motifs is 1. The lowest BCUT2D eigenvalue weighted by atomic mass is 10.2. The van der Waals surface area contributed by atoms with Crippen molar-refractivity contribution in [1.82, 2.24) is 9.62 Å². The van der Waals surface area contributed by atoms with Crippen LogP contribution in [0.25, 0.3) is 0 Å². The number of nitrogens with one attached hydrogen (secondary N) is 1. The standard InChI is InChI=1S/C17H21N3O6S/c1-11-9-20(7-8-25-11)15(21)10-26-17(22)12(2)18-16-13-5-3-4-6-14(13)27(23,24)19-16/h3-6,11-12H,7-10H2,1-2H3,(H,18,19)/t11?,12-/m0/s1. The van der Waals surface area contributed by atoms with Gasteiger partial charge in [0, 0.05) is 18.7 Å². The van der Waals surface area contributed by atoms with Gasteiger partial charge in [0.2, 0.25) is 0 Å². The van der Waals surface area contributed by atoms with E-state index in [9.17, 15) is 18.0 Å². The highest BCUT2D eigenvalue weighted by atomic mass is 32.2. The molecule has 1 aromatic carbocycles. The molecule has 1 amide bonds. The van der Waals surface area contributed by atoms with Gasteiger partial charge in [-0.3, -0.25) is 14.5 Å². The number of hydrogen-bond donors (Lipinski definition) is 1. The van der Waals surface area contributed by atoms with Crippen molar-refractivity contribution >= 4 is 27.7 Å². The fourth-order valence-corrected chi connectivity index (χ4v) is 4.10. The van der Waals surface area contributed by atoms with Gasteiger partial charge in [0.1, 0.15) is 11.9 Å². The highest BCUT2D eigenvalue weighted by Crippen LogP contribution is 2.22. The van der Waals surface area contributed by atoms with Crippen LogP contribution < -0.4 is 4.72 Å². The second-order valence-corrected chi connectivity index (χ2v) is 8.04. The summed E-state index contributed by atoms with van der Waals surface area (Å²) in [4.78, 5) is 30.1. The maximum absolute atomic E-state index is 12.2. The van der Waals surface area contributed by atoms with E-state index in [4.69, 9.17) is 9.47 Å². The number of sulfonamides is 1. The van der Waals surface area contributed by atoms with Gasteiger partial charge in [0.15, 0.2) is 6.61 Å². The first kappa shape index (κ1) is 19.3. The summed E-state index contributed by atoms with van der Waals surface area (Å²) in [5.74, 6) is -0.922. The molecule has 27 heavy (non-hydrogen) atoms. The van der Waals surface area contributed by atoms with Gasteiger partial charge in [-0.05, 0) is 26.0 Å². The lowest BCUT2D eigenvalue weighted by Crippen LogP contribution is -2.46. The maximum Gasteiger partial charge on any atom is 0.331 e. The fraction of sp³-hybridized carbons (Fsp3) is 0.471. The van der Waals surface area contributed by atoms with Crippen LogP contribution in [-0.2, 0) is 29.1 Å². The molecular formula is C17H21N3O6S. The number of morpholine rings is 1. The smallest absolute Gasteiger partial charge is 0.331 e. The van der Waals surface area contributed by atoms with E-state index in [-0.39, 0.29) is 29.3 Å². The van der Waals surface area contributed by atoms with E-state index < -0.39 is 22.0 Å². The van der Waals surface area contributed by atoms with Crippen LogP contribution in [0.2, 0.25) is 0 Å². The summed E-state index contributed by atoms with van der Waals surface area (Å²) >= 11 is 0. The number of carbonyl (C=O) groups excluding carboxylic acids is 2. The van der Waals surface area contributed by atoms with Crippen LogP contribution in [0.5, 0.6) is 0 Å². The topological polar surface area (TPSA) is 114 Å². The quantitative estimate of drug-likeness (QED) is 0.713. The number of aliphatic imine (C=N–C) groups is 1. The van der Waals surface area contributed by atoms with Crippen LogP contribution in [0.3, 0.4) is 0 Å². The number of carbonyl (C=O) groups is 2. The molecule has 10 heteroatoms.